The molecule has 0 aliphatic heterocycles. The van der Waals surface area contributed by atoms with E-state index >= 15 is 0 Å². The fourth-order valence-corrected chi connectivity index (χ4v) is 1.97. The first-order valence-electron chi connectivity index (χ1n) is 6.09. The molecule has 19 heavy (non-hydrogen) atoms. The lowest BCUT2D eigenvalue weighted by atomic mass is 10.1. The van der Waals surface area contributed by atoms with Gasteiger partial charge in [-0.1, -0.05) is 31.1 Å². The topological polar surface area (TPSA) is 52.1 Å². The van der Waals surface area contributed by atoms with Crippen LogP contribution in [-0.4, -0.2) is 10.1 Å². The largest absolute Gasteiger partial charge is 0.448 e. The summed E-state index contributed by atoms with van der Waals surface area (Å²) in [4.78, 5) is 4.27. The molecule has 0 amide bonds. The molecule has 5 heteroatoms. The number of para-hydroxylation sites is 1. The summed E-state index contributed by atoms with van der Waals surface area (Å²) in [5.74, 6) is 1.10. The maximum atomic E-state index is 13.7. The molecule has 3 rings (SSSR count). The molecule has 0 bridgehead atoms. The summed E-state index contributed by atoms with van der Waals surface area (Å²) >= 11 is 0. The number of aromatic nitrogens is 2. The molecule has 2 aromatic heterocycles. The fourth-order valence-electron chi connectivity index (χ4n) is 1.97. The van der Waals surface area contributed by atoms with Crippen molar-refractivity contribution in [3.8, 4) is 11.7 Å². The molecule has 0 aliphatic carbocycles. The van der Waals surface area contributed by atoms with Crippen molar-refractivity contribution in [2.24, 2.45) is 0 Å². The lowest BCUT2D eigenvalue weighted by Gasteiger charge is -1.92. The summed E-state index contributed by atoms with van der Waals surface area (Å²) in [5, 5.41) is 4.61. The Hall–Kier alpha value is -2.17. The average molecular weight is 260 g/mol. The van der Waals surface area contributed by atoms with Crippen molar-refractivity contribution >= 4 is 11.0 Å². The molecule has 0 fully saturated rings. The highest BCUT2D eigenvalue weighted by Crippen LogP contribution is 2.33. The van der Waals surface area contributed by atoms with Crippen molar-refractivity contribution in [3.05, 3.63) is 35.4 Å². The first-order valence-corrected chi connectivity index (χ1v) is 6.09. The van der Waals surface area contributed by atoms with Crippen LogP contribution in [-0.2, 0) is 0 Å². The van der Waals surface area contributed by atoms with Crippen molar-refractivity contribution < 1.29 is 13.3 Å². The number of benzene rings is 1. The van der Waals surface area contributed by atoms with E-state index < -0.39 is 5.82 Å². The van der Waals surface area contributed by atoms with Crippen LogP contribution in [0.2, 0.25) is 0 Å². The highest BCUT2D eigenvalue weighted by atomic mass is 19.1. The Morgan fingerprint density at radius 3 is 2.68 bits per heavy atom. The quantitative estimate of drug-likeness (QED) is 0.697. The number of aryl methyl sites for hydroxylation is 1. The monoisotopic (exact) mass is 260 g/mol. The van der Waals surface area contributed by atoms with Crippen LogP contribution in [0.3, 0.4) is 0 Å². The summed E-state index contributed by atoms with van der Waals surface area (Å²) in [5.41, 5.74) is 1.02. The summed E-state index contributed by atoms with van der Waals surface area (Å²) in [6, 6.07) is 4.82. The second-order valence-electron chi connectivity index (χ2n) is 4.79. The molecule has 2 heterocycles. The number of hydrogen-bond donors (Lipinski definition) is 0. The third kappa shape index (κ3) is 1.82. The van der Waals surface area contributed by atoms with E-state index in [1.165, 1.54) is 6.07 Å². The second-order valence-corrected chi connectivity index (χ2v) is 4.79. The van der Waals surface area contributed by atoms with Crippen molar-refractivity contribution in [2.45, 2.75) is 26.7 Å². The van der Waals surface area contributed by atoms with Gasteiger partial charge in [-0.2, -0.15) is 4.98 Å². The summed E-state index contributed by atoms with van der Waals surface area (Å²) < 4.78 is 24.4. The Bertz CT molecular complexity index is 743. The number of hydrogen-bond acceptors (Lipinski definition) is 4. The van der Waals surface area contributed by atoms with Crippen LogP contribution in [0, 0.1) is 12.7 Å². The highest BCUT2D eigenvalue weighted by molar-refractivity contribution is 5.86. The summed E-state index contributed by atoms with van der Waals surface area (Å²) in [6.45, 7) is 5.79. The van der Waals surface area contributed by atoms with Crippen molar-refractivity contribution in [1.29, 1.82) is 0 Å². The molecule has 4 nitrogen and oxygen atoms in total. The van der Waals surface area contributed by atoms with Crippen molar-refractivity contribution in [1.82, 2.24) is 10.1 Å². The minimum Gasteiger partial charge on any atom is -0.448 e. The minimum absolute atomic E-state index is 0.166. The van der Waals surface area contributed by atoms with Gasteiger partial charge in [-0.3, -0.25) is 0 Å². The molecule has 0 radical (unpaired) electrons. The average Bonchev–Trinajstić information content (AvgIpc) is 2.96. The third-order valence-corrected chi connectivity index (χ3v) is 3.07. The van der Waals surface area contributed by atoms with E-state index in [-0.39, 0.29) is 17.4 Å². The summed E-state index contributed by atoms with van der Waals surface area (Å²) in [7, 11) is 0. The Kier molecular flexibility index (Phi) is 2.62. The van der Waals surface area contributed by atoms with Crippen LogP contribution in [0.4, 0.5) is 4.39 Å². The number of halogens is 1. The molecule has 0 spiro atoms. The zero-order chi connectivity index (χ0) is 13.6. The zero-order valence-electron chi connectivity index (χ0n) is 10.9. The van der Waals surface area contributed by atoms with E-state index in [2.05, 4.69) is 10.1 Å². The Balaban J connectivity index is 2.19. The van der Waals surface area contributed by atoms with Gasteiger partial charge in [0.1, 0.15) is 0 Å². The molecular formula is C14H13FN2O2. The van der Waals surface area contributed by atoms with Gasteiger partial charge in [0.05, 0.1) is 0 Å². The van der Waals surface area contributed by atoms with Gasteiger partial charge in [0.25, 0.3) is 5.89 Å². The van der Waals surface area contributed by atoms with Crippen molar-refractivity contribution in [2.75, 3.05) is 0 Å². The van der Waals surface area contributed by atoms with Gasteiger partial charge in [0.2, 0.25) is 0 Å². The van der Waals surface area contributed by atoms with E-state index in [1.54, 1.807) is 12.1 Å². The van der Waals surface area contributed by atoms with Crippen LogP contribution in [0.15, 0.2) is 27.1 Å². The van der Waals surface area contributed by atoms with Crippen LogP contribution in [0.5, 0.6) is 0 Å². The SMILES string of the molecule is Cc1c(-c2nc(C(C)C)no2)oc2c(F)cccc12. The molecular weight excluding hydrogens is 247 g/mol. The number of fused-ring (bicyclic) bond motifs is 1. The number of rotatable bonds is 2. The normalized spacial score (nSPS) is 11.6. The maximum absolute atomic E-state index is 13.7. The highest BCUT2D eigenvalue weighted by Gasteiger charge is 2.20. The van der Waals surface area contributed by atoms with Crippen LogP contribution < -0.4 is 0 Å². The first-order chi connectivity index (χ1) is 9.08. The molecule has 3 aromatic rings. The number of furan rings is 1. The van der Waals surface area contributed by atoms with Crippen LogP contribution >= 0.6 is 0 Å². The third-order valence-electron chi connectivity index (χ3n) is 3.07. The van der Waals surface area contributed by atoms with E-state index in [9.17, 15) is 4.39 Å². The smallest absolute Gasteiger partial charge is 0.293 e. The lowest BCUT2D eigenvalue weighted by molar-refractivity contribution is 0.407. The van der Waals surface area contributed by atoms with E-state index in [0.717, 1.165) is 10.9 Å². The molecule has 0 aliphatic rings. The molecule has 0 N–H and O–H groups in total. The Morgan fingerprint density at radius 2 is 2.05 bits per heavy atom. The van der Waals surface area contributed by atoms with E-state index in [1.807, 2.05) is 20.8 Å². The molecule has 98 valence electrons. The van der Waals surface area contributed by atoms with Crippen molar-refractivity contribution in [3.63, 3.8) is 0 Å². The van der Waals surface area contributed by atoms with Gasteiger partial charge in [-0.25, -0.2) is 4.39 Å². The van der Waals surface area contributed by atoms with Gasteiger partial charge in [-0.05, 0) is 13.0 Å². The first kappa shape index (κ1) is 11.9. The maximum Gasteiger partial charge on any atom is 0.293 e. The van der Waals surface area contributed by atoms with Gasteiger partial charge in [-0.15, -0.1) is 0 Å². The second kappa shape index (κ2) is 4.19. The number of nitrogens with zero attached hydrogens (tertiary/aromatic N) is 2. The molecule has 0 saturated heterocycles. The van der Waals surface area contributed by atoms with Crippen LogP contribution in [0.25, 0.3) is 22.6 Å². The van der Waals surface area contributed by atoms with Crippen LogP contribution in [0.1, 0.15) is 31.2 Å². The minimum atomic E-state index is -0.393. The Morgan fingerprint density at radius 1 is 1.26 bits per heavy atom. The predicted molar refractivity (Wildman–Crippen MR) is 68.3 cm³/mol. The van der Waals surface area contributed by atoms with Gasteiger partial charge in [0, 0.05) is 16.9 Å². The molecule has 0 atom stereocenters. The van der Waals surface area contributed by atoms with E-state index in [0.29, 0.717) is 11.6 Å². The molecule has 1 aromatic carbocycles. The van der Waals surface area contributed by atoms with Gasteiger partial charge < -0.3 is 8.94 Å². The predicted octanol–water partition coefficient (Wildman–Crippen LogP) is 4.05. The zero-order valence-corrected chi connectivity index (χ0v) is 10.9. The van der Waals surface area contributed by atoms with Gasteiger partial charge in [0.15, 0.2) is 23.0 Å². The Labute approximate surface area is 109 Å². The van der Waals surface area contributed by atoms with Gasteiger partial charge >= 0.3 is 0 Å². The molecule has 0 unspecified atom stereocenters. The van der Waals surface area contributed by atoms with E-state index in [4.69, 9.17) is 8.94 Å². The lowest BCUT2D eigenvalue weighted by Crippen LogP contribution is -1.89. The molecule has 0 saturated carbocycles. The fraction of sp³-hybridized carbons (Fsp3) is 0.286. The standard InChI is InChI=1S/C14H13FN2O2/c1-7(2)13-16-14(19-17-13)11-8(3)9-5-4-6-10(15)12(9)18-11/h4-7H,1-3H3. The summed E-state index contributed by atoms with van der Waals surface area (Å²) in [6.07, 6.45) is 0.